The van der Waals surface area contributed by atoms with Gasteiger partial charge in [0.05, 0.1) is 5.02 Å². The van der Waals surface area contributed by atoms with E-state index in [1.807, 2.05) is 25.1 Å². The van der Waals surface area contributed by atoms with Crippen molar-refractivity contribution < 1.29 is 14.3 Å². The van der Waals surface area contributed by atoms with Gasteiger partial charge in [-0.15, -0.1) is 0 Å². The Bertz CT molecular complexity index is 816. The topological polar surface area (TPSA) is 58.6 Å². The molecule has 1 aliphatic rings. The molecule has 1 saturated heterocycles. The number of hydrogen-bond donors (Lipinski definition) is 1. The Morgan fingerprint density at radius 2 is 2.04 bits per heavy atom. The second-order valence-electron chi connectivity index (χ2n) is 6.07. The second-order valence-corrected chi connectivity index (χ2v) is 7.39. The fourth-order valence-corrected chi connectivity index (χ4v) is 3.88. The number of benzene rings is 2. The van der Waals surface area contributed by atoms with Gasteiger partial charge in [-0.3, -0.25) is 9.59 Å². The molecule has 0 saturated carbocycles. The van der Waals surface area contributed by atoms with Crippen molar-refractivity contribution in [2.45, 2.75) is 19.8 Å². The minimum atomic E-state index is -0.284. The van der Waals surface area contributed by atoms with Crippen LogP contribution in [0.1, 0.15) is 18.4 Å². The quantitative estimate of drug-likeness (QED) is 0.746. The standard InChI is InChI=1S/C19H18BrClN2O3/c1-12-9-13(20)10-16(21)19(12)26-11-17(24)22-14-4-6-15(7-5-14)23-8-2-3-18(23)25/h4-7,9-10H,2-3,8,11H2,1H3,(H,22,24). The lowest BCUT2D eigenvalue weighted by Crippen LogP contribution is -2.23. The number of halogens is 2. The number of nitrogens with zero attached hydrogens (tertiary/aromatic N) is 1. The van der Waals surface area contributed by atoms with Crippen LogP contribution in [0.2, 0.25) is 5.02 Å². The lowest BCUT2D eigenvalue weighted by atomic mass is 10.2. The van der Waals surface area contributed by atoms with Gasteiger partial charge < -0.3 is 15.0 Å². The normalized spacial score (nSPS) is 13.8. The van der Waals surface area contributed by atoms with Crippen LogP contribution in [0.3, 0.4) is 0 Å². The lowest BCUT2D eigenvalue weighted by Gasteiger charge is -2.16. The van der Waals surface area contributed by atoms with Crippen molar-refractivity contribution in [3.63, 3.8) is 0 Å². The molecule has 2 amide bonds. The third-order valence-corrected chi connectivity index (χ3v) is 4.82. The van der Waals surface area contributed by atoms with Crippen LogP contribution in [0, 0.1) is 6.92 Å². The first-order valence-corrected chi connectivity index (χ1v) is 9.40. The smallest absolute Gasteiger partial charge is 0.262 e. The van der Waals surface area contributed by atoms with Gasteiger partial charge >= 0.3 is 0 Å². The fourth-order valence-electron chi connectivity index (χ4n) is 2.85. The summed E-state index contributed by atoms with van der Waals surface area (Å²) < 4.78 is 6.41. The van der Waals surface area contributed by atoms with Crippen molar-refractivity contribution in [1.29, 1.82) is 0 Å². The van der Waals surface area contributed by atoms with Crippen molar-refractivity contribution in [1.82, 2.24) is 0 Å². The first-order valence-electron chi connectivity index (χ1n) is 8.23. The molecule has 0 atom stereocenters. The summed E-state index contributed by atoms with van der Waals surface area (Å²) in [5, 5.41) is 3.22. The average molecular weight is 438 g/mol. The molecule has 1 N–H and O–H groups in total. The predicted octanol–water partition coefficient (Wildman–Crippen LogP) is 4.56. The molecule has 0 aromatic heterocycles. The highest BCUT2D eigenvalue weighted by Crippen LogP contribution is 2.32. The van der Waals surface area contributed by atoms with Gasteiger partial charge in [0, 0.05) is 28.8 Å². The van der Waals surface area contributed by atoms with E-state index in [0.717, 1.165) is 28.7 Å². The summed E-state index contributed by atoms with van der Waals surface area (Å²) in [6.07, 6.45) is 1.47. The molecule has 0 bridgehead atoms. The molecule has 7 heteroatoms. The van der Waals surface area contributed by atoms with E-state index in [0.29, 0.717) is 22.9 Å². The van der Waals surface area contributed by atoms with E-state index >= 15 is 0 Å². The molecule has 5 nitrogen and oxygen atoms in total. The molecular weight excluding hydrogens is 420 g/mol. The fraction of sp³-hybridized carbons (Fsp3) is 0.263. The van der Waals surface area contributed by atoms with Crippen molar-refractivity contribution in [2.24, 2.45) is 0 Å². The molecule has 1 aliphatic heterocycles. The summed E-state index contributed by atoms with van der Waals surface area (Å²) in [6.45, 7) is 2.46. The first kappa shape index (κ1) is 18.7. The van der Waals surface area contributed by atoms with Crippen LogP contribution in [0.15, 0.2) is 40.9 Å². The molecule has 26 heavy (non-hydrogen) atoms. The van der Waals surface area contributed by atoms with Gasteiger partial charge in [0.25, 0.3) is 5.91 Å². The second kappa shape index (κ2) is 8.10. The number of anilines is 2. The highest BCUT2D eigenvalue weighted by Gasteiger charge is 2.21. The number of carbonyl (C=O) groups is 2. The van der Waals surface area contributed by atoms with Gasteiger partial charge in [-0.05, 0) is 55.3 Å². The van der Waals surface area contributed by atoms with Crippen LogP contribution in [-0.2, 0) is 9.59 Å². The number of carbonyl (C=O) groups excluding carboxylic acids is 2. The van der Waals surface area contributed by atoms with Gasteiger partial charge in [0.1, 0.15) is 5.75 Å². The van der Waals surface area contributed by atoms with Gasteiger partial charge in [-0.1, -0.05) is 27.5 Å². The molecule has 0 aliphatic carbocycles. The molecule has 1 fully saturated rings. The van der Waals surface area contributed by atoms with Crippen molar-refractivity contribution in [3.05, 3.63) is 51.5 Å². The summed E-state index contributed by atoms with van der Waals surface area (Å²) in [7, 11) is 0. The maximum absolute atomic E-state index is 12.1. The largest absolute Gasteiger partial charge is 0.482 e. The number of aryl methyl sites for hydroxylation is 1. The van der Waals surface area contributed by atoms with Crippen molar-refractivity contribution in [2.75, 3.05) is 23.4 Å². The zero-order valence-electron chi connectivity index (χ0n) is 14.2. The van der Waals surface area contributed by atoms with E-state index in [1.165, 1.54) is 0 Å². The lowest BCUT2D eigenvalue weighted by molar-refractivity contribution is -0.118. The average Bonchev–Trinajstić information content (AvgIpc) is 3.00. The number of amides is 2. The van der Waals surface area contributed by atoms with Crippen LogP contribution < -0.4 is 15.0 Å². The molecular formula is C19H18BrClN2O3. The number of ether oxygens (including phenoxy) is 1. The molecule has 3 rings (SSSR count). The Kier molecular flexibility index (Phi) is 5.84. The van der Waals surface area contributed by atoms with E-state index in [-0.39, 0.29) is 18.4 Å². The highest BCUT2D eigenvalue weighted by molar-refractivity contribution is 9.10. The predicted molar refractivity (Wildman–Crippen MR) is 106 cm³/mol. The van der Waals surface area contributed by atoms with E-state index < -0.39 is 0 Å². The third-order valence-electron chi connectivity index (χ3n) is 4.08. The van der Waals surface area contributed by atoms with Crippen LogP contribution in [0.4, 0.5) is 11.4 Å². The molecule has 2 aromatic rings. The third kappa shape index (κ3) is 4.37. The molecule has 2 aromatic carbocycles. The van der Waals surface area contributed by atoms with Crippen LogP contribution in [-0.4, -0.2) is 25.0 Å². The van der Waals surface area contributed by atoms with Gasteiger partial charge in [0.15, 0.2) is 6.61 Å². The number of hydrogen-bond acceptors (Lipinski definition) is 3. The van der Waals surface area contributed by atoms with E-state index in [9.17, 15) is 9.59 Å². The van der Waals surface area contributed by atoms with Crippen LogP contribution >= 0.6 is 27.5 Å². The Morgan fingerprint density at radius 3 is 2.65 bits per heavy atom. The van der Waals surface area contributed by atoms with E-state index in [1.54, 1.807) is 23.1 Å². The highest BCUT2D eigenvalue weighted by atomic mass is 79.9. The maximum atomic E-state index is 12.1. The minimum Gasteiger partial charge on any atom is -0.482 e. The van der Waals surface area contributed by atoms with E-state index in [4.69, 9.17) is 16.3 Å². The molecule has 0 spiro atoms. The van der Waals surface area contributed by atoms with Crippen LogP contribution in [0.5, 0.6) is 5.75 Å². The summed E-state index contributed by atoms with van der Waals surface area (Å²) in [5.41, 5.74) is 2.34. The Morgan fingerprint density at radius 1 is 1.31 bits per heavy atom. The molecule has 0 unspecified atom stereocenters. The SMILES string of the molecule is Cc1cc(Br)cc(Cl)c1OCC(=O)Nc1ccc(N2CCCC2=O)cc1. The van der Waals surface area contributed by atoms with Crippen molar-refractivity contribution in [3.8, 4) is 5.75 Å². The zero-order valence-corrected chi connectivity index (χ0v) is 16.6. The Hall–Kier alpha value is -2.05. The molecule has 136 valence electrons. The molecule has 1 heterocycles. The van der Waals surface area contributed by atoms with Gasteiger partial charge in [0.2, 0.25) is 5.91 Å². The zero-order chi connectivity index (χ0) is 18.7. The summed E-state index contributed by atoms with van der Waals surface area (Å²) in [6, 6.07) is 10.8. The Labute approximate surface area is 165 Å². The molecule has 0 radical (unpaired) electrons. The van der Waals surface area contributed by atoms with E-state index in [2.05, 4.69) is 21.2 Å². The van der Waals surface area contributed by atoms with Gasteiger partial charge in [-0.25, -0.2) is 0 Å². The summed E-state index contributed by atoms with van der Waals surface area (Å²) in [5.74, 6) is 0.346. The monoisotopic (exact) mass is 436 g/mol. The number of nitrogens with one attached hydrogen (secondary N) is 1. The first-order chi connectivity index (χ1) is 12.4. The van der Waals surface area contributed by atoms with Crippen molar-refractivity contribution >= 4 is 50.7 Å². The summed E-state index contributed by atoms with van der Waals surface area (Å²) in [4.78, 5) is 25.6. The van der Waals surface area contributed by atoms with Crippen LogP contribution in [0.25, 0.3) is 0 Å². The Balaban J connectivity index is 1.58. The van der Waals surface area contributed by atoms with Gasteiger partial charge in [-0.2, -0.15) is 0 Å². The maximum Gasteiger partial charge on any atom is 0.262 e. The minimum absolute atomic E-state index is 0.136. The summed E-state index contributed by atoms with van der Waals surface area (Å²) >= 11 is 9.51. The number of rotatable bonds is 5.